The molecule has 0 spiro atoms. The highest BCUT2D eigenvalue weighted by Gasteiger charge is 2.92. The second kappa shape index (κ2) is 9.65. The van der Waals surface area contributed by atoms with Crippen molar-refractivity contribution >= 4 is 10.0 Å². The van der Waals surface area contributed by atoms with Gasteiger partial charge in [0.15, 0.2) is 0 Å². The van der Waals surface area contributed by atoms with Crippen molar-refractivity contribution in [2.45, 2.75) is 54.4 Å². The lowest BCUT2D eigenvalue weighted by Gasteiger charge is -2.40. The highest BCUT2D eigenvalue weighted by molar-refractivity contribution is 7.90. The number of sulfonamides is 1. The van der Waals surface area contributed by atoms with Crippen LogP contribution in [0.25, 0.3) is 0 Å². The molecule has 0 saturated heterocycles. The Morgan fingerprint density at radius 2 is 1.06 bits per heavy atom. The van der Waals surface area contributed by atoms with Crippen LogP contribution in [0.3, 0.4) is 0 Å². The van der Waals surface area contributed by atoms with Gasteiger partial charge in [-0.2, -0.15) is 61.4 Å². The highest BCUT2D eigenvalue weighted by atomic mass is 32.2. The molecule has 0 unspecified atom stereocenters. The van der Waals surface area contributed by atoms with Crippen LogP contribution >= 0.6 is 0 Å². The molecule has 3 N–H and O–H groups in total. The van der Waals surface area contributed by atoms with Gasteiger partial charge in [-0.3, -0.25) is 0 Å². The molecule has 194 valence electrons. The number of nitrogens with two attached hydrogens (primary N) is 1. The van der Waals surface area contributed by atoms with E-state index in [-0.39, 0.29) is 13.0 Å². The zero-order chi connectivity index (χ0) is 26.0. The summed E-state index contributed by atoms with van der Waals surface area (Å²) >= 11 is 0. The molecule has 5 nitrogen and oxygen atoms in total. The second-order valence-electron chi connectivity index (χ2n) is 6.29. The quantitative estimate of drug-likeness (QED) is 0.284. The Bertz CT molecular complexity index is 725. The zero-order valence-corrected chi connectivity index (χ0v) is 16.4. The van der Waals surface area contributed by atoms with E-state index in [0.29, 0.717) is 0 Å². The van der Waals surface area contributed by atoms with Crippen LogP contribution in [-0.2, 0) is 10.0 Å². The van der Waals surface area contributed by atoms with Crippen LogP contribution < -0.4 is 5.73 Å². The van der Waals surface area contributed by atoms with Gasteiger partial charge in [-0.15, -0.1) is 0 Å². The topological polar surface area (TPSA) is 83.6 Å². The van der Waals surface area contributed by atoms with Gasteiger partial charge in [0, 0.05) is 19.7 Å². The van der Waals surface area contributed by atoms with Gasteiger partial charge in [-0.1, -0.05) is 0 Å². The number of halogens is 13. The molecule has 0 saturated carbocycles. The molecule has 0 bridgehead atoms. The summed E-state index contributed by atoms with van der Waals surface area (Å²) in [7, 11) is -7.08. The first-order valence-electron chi connectivity index (χ1n) is 8.28. The summed E-state index contributed by atoms with van der Waals surface area (Å²) in [6, 6.07) is 0. The fraction of sp³-hybridized carbons (Fsp3) is 1.00. The Kier molecular flexibility index (Phi) is 9.33. The SMILES string of the molecule is NCCCCN(CCCO)S(=O)(=O)C(F)(F)C(F)(F)C(F)(F)C(F)(F)C(F)(F)C(F)(F)F. The first kappa shape index (κ1) is 30.9. The third-order valence-corrected chi connectivity index (χ3v) is 5.95. The maximum Gasteiger partial charge on any atom is 0.460 e. The van der Waals surface area contributed by atoms with Gasteiger partial charge in [0.2, 0.25) is 0 Å². The monoisotopic (exact) mass is 528 g/mol. The summed E-state index contributed by atoms with van der Waals surface area (Å²) < 4.78 is 194. The molecule has 0 amide bonds. The van der Waals surface area contributed by atoms with Crippen molar-refractivity contribution in [1.82, 2.24) is 4.31 Å². The molecule has 0 aromatic heterocycles. The number of rotatable bonds is 13. The van der Waals surface area contributed by atoms with Crippen LogP contribution in [0, 0.1) is 0 Å². The number of aliphatic hydroxyl groups is 1. The van der Waals surface area contributed by atoms with Gasteiger partial charge in [0.25, 0.3) is 10.0 Å². The molecular weight excluding hydrogens is 511 g/mol. The summed E-state index contributed by atoms with van der Waals surface area (Å²) in [4.78, 5) is 0. The lowest BCUT2D eigenvalue weighted by Crippen LogP contribution is -2.71. The van der Waals surface area contributed by atoms with E-state index in [1.54, 1.807) is 0 Å². The first-order valence-corrected chi connectivity index (χ1v) is 9.72. The molecule has 0 rings (SSSR count). The third-order valence-electron chi connectivity index (χ3n) is 4.00. The molecule has 0 aliphatic heterocycles. The summed E-state index contributed by atoms with van der Waals surface area (Å²) in [5.41, 5.74) is 5.04. The molecule has 19 heteroatoms. The van der Waals surface area contributed by atoms with E-state index in [9.17, 15) is 65.5 Å². The maximum absolute atomic E-state index is 14.1. The Morgan fingerprint density at radius 3 is 1.44 bits per heavy atom. The number of alkyl halides is 13. The maximum atomic E-state index is 14.1. The van der Waals surface area contributed by atoms with Gasteiger partial charge in [0.1, 0.15) is 0 Å². The summed E-state index contributed by atoms with van der Waals surface area (Å²) in [6.07, 6.45) is -8.94. The van der Waals surface area contributed by atoms with Gasteiger partial charge in [-0.25, -0.2) is 8.42 Å². The van der Waals surface area contributed by atoms with Crippen LogP contribution in [0.5, 0.6) is 0 Å². The van der Waals surface area contributed by atoms with E-state index in [1.807, 2.05) is 0 Å². The fourth-order valence-electron chi connectivity index (χ4n) is 2.11. The molecule has 0 heterocycles. The average molecular weight is 528 g/mol. The minimum absolute atomic E-state index is 0.140. The predicted octanol–water partition coefficient (Wildman–Crippen LogP) is 3.44. The molecule has 0 aliphatic carbocycles. The Labute approximate surface area is 172 Å². The van der Waals surface area contributed by atoms with E-state index >= 15 is 0 Å². The van der Waals surface area contributed by atoms with Crippen molar-refractivity contribution in [3.05, 3.63) is 0 Å². The van der Waals surface area contributed by atoms with E-state index in [2.05, 4.69) is 0 Å². The van der Waals surface area contributed by atoms with Crippen molar-refractivity contribution in [2.75, 3.05) is 26.2 Å². The van der Waals surface area contributed by atoms with Gasteiger partial charge >= 0.3 is 35.1 Å². The average Bonchev–Trinajstić information content (AvgIpc) is 2.62. The number of hydrogen-bond donors (Lipinski definition) is 2. The molecular formula is C13H17F13N2O3S. The van der Waals surface area contributed by atoms with E-state index in [4.69, 9.17) is 10.8 Å². The first-order chi connectivity index (χ1) is 14.0. The van der Waals surface area contributed by atoms with Crippen LogP contribution in [0.2, 0.25) is 0 Å². The van der Waals surface area contributed by atoms with Crippen LogP contribution in [0.4, 0.5) is 57.1 Å². The van der Waals surface area contributed by atoms with Gasteiger partial charge in [-0.05, 0) is 25.8 Å². The summed E-state index contributed by atoms with van der Waals surface area (Å²) in [5.74, 6) is -32.3. The lowest BCUT2D eigenvalue weighted by molar-refractivity contribution is -0.433. The molecule has 32 heavy (non-hydrogen) atoms. The highest BCUT2D eigenvalue weighted by Crippen LogP contribution is 2.61. The molecule has 0 fully saturated rings. The number of aliphatic hydroxyl groups excluding tert-OH is 1. The summed E-state index contributed by atoms with van der Waals surface area (Å²) in [5, 5.41) is 1.35. The normalized spacial score (nSPS) is 15.5. The van der Waals surface area contributed by atoms with E-state index < -0.39 is 82.0 Å². The molecule has 0 aliphatic rings. The fourth-order valence-corrected chi connectivity index (χ4v) is 3.63. The molecule has 0 aromatic rings. The van der Waals surface area contributed by atoms with Crippen molar-refractivity contribution in [1.29, 1.82) is 0 Å². The van der Waals surface area contributed by atoms with E-state index in [0.717, 1.165) is 0 Å². The largest absolute Gasteiger partial charge is 0.460 e. The minimum Gasteiger partial charge on any atom is -0.396 e. The molecule has 0 atom stereocenters. The second-order valence-corrected chi connectivity index (χ2v) is 8.27. The minimum atomic E-state index is -8.21. The third kappa shape index (κ3) is 4.89. The predicted molar refractivity (Wildman–Crippen MR) is 81.3 cm³/mol. The number of nitrogens with zero attached hydrogens (tertiary/aromatic N) is 1. The summed E-state index contributed by atoms with van der Waals surface area (Å²) in [6.45, 7) is -3.52. The van der Waals surface area contributed by atoms with Gasteiger partial charge < -0.3 is 10.8 Å². The van der Waals surface area contributed by atoms with Crippen molar-refractivity contribution in [2.24, 2.45) is 5.73 Å². The molecule has 0 aromatic carbocycles. The standard InChI is InChI=1S/C13H17F13N2O3S/c14-8(15,10(18,19)12(22,23)24)9(16,17)11(20,21)13(25,26)32(30,31)28(6-3-7-29)5-2-1-4-27/h29H,1-7,27H2. The zero-order valence-electron chi connectivity index (χ0n) is 15.6. The Morgan fingerprint density at radius 1 is 0.656 bits per heavy atom. The van der Waals surface area contributed by atoms with Crippen LogP contribution in [0.1, 0.15) is 19.3 Å². The van der Waals surface area contributed by atoms with Crippen molar-refractivity contribution in [3.8, 4) is 0 Å². The molecule has 0 radical (unpaired) electrons. The van der Waals surface area contributed by atoms with Crippen molar-refractivity contribution < 1.29 is 70.6 Å². The van der Waals surface area contributed by atoms with Crippen LogP contribution in [0.15, 0.2) is 0 Å². The lowest BCUT2D eigenvalue weighted by atomic mass is 9.98. The van der Waals surface area contributed by atoms with E-state index in [1.165, 1.54) is 0 Å². The van der Waals surface area contributed by atoms with Crippen LogP contribution in [-0.4, -0.2) is 79.2 Å². The number of unbranched alkanes of at least 4 members (excludes halogenated alkanes) is 1. The van der Waals surface area contributed by atoms with Crippen molar-refractivity contribution in [3.63, 3.8) is 0 Å². The van der Waals surface area contributed by atoms with Gasteiger partial charge in [0.05, 0.1) is 0 Å². The smallest absolute Gasteiger partial charge is 0.396 e. The Hall–Kier alpha value is -1.08. The Balaban J connectivity index is 6.54. The number of hydrogen-bond acceptors (Lipinski definition) is 4.